The summed E-state index contributed by atoms with van der Waals surface area (Å²) in [7, 11) is -2.66. The Labute approximate surface area is 269 Å². The van der Waals surface area contributed by atoms with Crippen molar-refractivity contribution in [2.75, 3.05) is 20.2 Å². The number of aryl methyl sites for hydroxylation is 1. The first kappa shape index (κ1) is 32.7. The predicted octanol–water partition coefficient (Wildman–Crippen LogP) is 6.49. The molecule has 0 aliphatic carbocycles. The molecule has 1 fully saturated rings. The van der Waals surface area contributed by atoms with E-state index in [0.717, 1.165) is 29.5 Å². The van der Waals surface area contributed by atoms with Gasteiger partial charge in [-0.05, 0) is 117 Å². The topological polar surface area (TPSA) is 102 Å². The van der Waals surface area contributed by atoms with Crippen LogP contribution in [0, 0.1) is 12.7 Å². The molecule has 1 aliphatic heterocycles. The molecule has 2 amide bonds. The van der Waals surface area contributed by atoms with Crippen LogP contribution >= 0.6 is 0 Å². The fraction of sp³-hybridized carbons (Fsp3) is 0.278. The van der Waals surface area contributed by atoms with Crippen LogP contribution in [0.2, 0.25) is 0 Å². The highest BCUT2D eigenvalue weighted by atomic mass is 32.2. The van der Waals surface area contributed by atoms with E-state index in [9.17, 15) is 22.4 Å². The molecule has 240 valence electrons. The zero-order valence-electron chi connectivity index (χ0n) is 26.2. The molecule has 4 aromatic carbocycles. The molecule has 0 aromatic heterocycles. The maximum absolute atomic E-state index is 13.8. The molecule has 1 saturated heterocycles. The number of carbonyl (C=O) groups is 2. The number of ether oxygens (including phenoxy) is 2. The molecule has 46 heavy (non-hydrogen) atoms. The Balaban J connectivity index is 1.26. The van der Waals surface area contributed by atoms with Gasteiger partial charge in [0.15, 0.2) is 5.60 Å². The summed E-state index contributed by atoms with van der Waals surface area (Å²) in [6.07, 6.45) is 1.68. The minimum absolute atomic E-state index is 0.0385. The normalized spacial score (nSPS) is 15.2. The number of benzene rings is 4. The molecule has 1 atom stereocenters. The minimum Gasteiger partial charge on any atom is -0.497 e. The van der Waals surface area contributed by atoms with Crippen LogP contribution in [0.3, 0.4) is 0 Å². The molecule has 0 spiro atoms. The van der Waals surface area contributed by atoms with Crippen molar-refractivity contribution in [3.63, 3.8) is 0 Å². The Kier molecular flexibility index (Phi) is 9.48. The highest BCUT2D eigenvalue weighted by Crippen LogP contribution is 2.32. The molecule has 1 N–H and O–H groups in total. The van der Waals surface area contributed by atoms with Crippen molar-refractivity contribution < 1.29 is 31.9 Å². The van der Waals surface area contributed by atoms with Gasteiger partial charge in [0.2, 0.25) is 0 Å². The first-order chi connectivity index (χ1) is 21.9. The third kappa shape index (κ3) is 7.39. The number of nitrogens with zero attached hydrogens (tertiary/aromatic N) is 1. The molecule has 4 aromatic rings. The predicted molar refractivity (Wildman–Crippen MR) is 174 cm³/mol. The van der Waals surface area contributed by atoms with Crippen molar-refractivity contribution in [3.8, 4) is 22.6 Å². The number of piperidine rings is 1. The monoisotopic (exact) mass is 644 g/mol. The van der Waals surface area contributed by atoms with Gasteiger partial charge >= 0.3 is 0 Å². The smallest absolute Gasteiger partial charge is 0.277 e. The van der Waals surface area contributed by atoms with Gasteiger partial charge in [0.1, 0.15) is 17.3 Å². The van der Waals surface area contributed by atoms with E-state index in [2.05, 4.69) is 4.72 Å². The molecule has 10 heteroatoms. The van der Waals surface area contributed by atoms with Crippen LogP contribution in [0.1, 0.15) is 54.1 Å². The average Bonchev–Trinajstić information content (AvgIpc) is 3.05. The van der Waals surface area contributed by atoms with Crippen molar-refractivity contribution in [3.05, 3.63) is 114 Å². The SMILES string of the molecule is COc1ccc(S(=O)(=O)NC(=O)C(C)(C)Oc2cccc(C3CCCN(C(=O)c4cccc(-c5ccc(F)c(C)c5)c4)C3)c2)cc1. The van der Waals surface area contributed by atoms with Gasteiger partial charge in [0, 0.05) is 24.6 Å². The van der Waals surface area contributed by atoms with Crippen molar-refractivity contribution in [2.24, 2.45) is 0 Å². The highest BCUT2D eigenvalue weighted by molar-refractivity contribution is 7.90. The fourth-order valence-electron chi connectivity index (χ4n) is 5.50. The van der Waals surface area contributed by atoms with E-state index in [1.165, 1.54) is 51.3 Å². The Morgan fingerprint density at radius 2 is 1.63 bits per heavy atom. The van der Waals surface area contributed by atoms with Gasteiger partial charge in [-0.2, -0.15) is 0 Å². The van der Waals surface area contributed by atoms with Crippen molar-refractivity contribution >= 4 is 21.8 Å². The molecule has 0 bridgehead atoms. The zero-order valence-corrected chi connectivity index (χ0v) is 27.1. The molecular weight excluding hydrogens is 607 g/mol. The second-order valence-electron chi connectivity index (χ2n) is 11.9. The molecule has 1 aliphatic rings. The number of likely N-dealkylation sites (tertiary alicyclic amines) is 1. The molecule has 8 nitrogen and oxygen atoms in total. The maximum Gasteiger partial charge on any atom is 0.277 e. The third-order valence-corrected chi connectivity index (χ3v) is 9.50. The van der Waals surface area contributed by atoms with Crippen LogP contribution in [-0.2, 0) is 14.8 Å². The number of sulfonamides is 1. The molecular formula is C36H37FN2O6S. The van der Waals surface area contributed by atoms with E-state index in [1.54, 1.807) is 31.2 Å². The maximum atomic E-state index is 13.8. The van der Waals surface area contributed by atoms with Gasteiger partial charge in [-0.3, -0.25) is 9.59 Å². The standard InChI is InChI=1S/C36H37FN2O6S/c1-24-20-27(13-18-33(24)37)25-8-5-10-28(21-25)34(40)39-19-7-11-29(23-39)26-9-6-12-31(22-26)45-36(2,3)35(41)38-46(42,43)32-16-14-30(44-4)15-17-32/h5-6,8-10,12-18,20-22,29H,7,11,19,23H2,1-4H3,(H,38,41). The summed E-state index contributed by atoms with van der Waals surface area (Å²) in [5.74, 6) is -0.226. The van der Waals surface area contributed by atoms with Gasteiger partial charge in [-0.15, -0.1) is 0 Å². The average molecular weight is 645 g/mol. The highest BCUT2D eigenvalue weighted by Gasteiger charge is 2.34. The number of amides is 2. The Morgan fingerprint density at radius 3 is 2.35 bits per heavy atom. The van der Waals surface area contributed by atoms with Gasteiger partial charge in [-0.1, -0.05) is 30.3 Å². The summed E-state index contributed by atoms with van der Waals surface area (Å²) >= 11 is 0. The largest absolute Gasteiger partial charge is 0.497 e. The van der Waals surface area contributed by atoms with Crippen LogP contribution in [0.4, 0.5) is 4.39 Å². The van der Waals surface area contributed by atoms with E-state index in [-0.39, 0.29) is 22.5 Å². The molecule has 0 saturated carbocycles. The van der Waals surface area contributed by atoms with Gasteiger partial charge < -0.3 is 14.4 Å². The van der Waals surface area contributed by atoms with Crippen LogP contribution in [0.5, 0.6) is 11.5 Å². The molecule has 0 radical (unpaired) electrons. The zero-order chi connectivity index (χ0) is 33.1. The summed E-state index contributed by atoms with van der Waals surface area (Å²) in [5.41, 5.74) is 2.23. The lowest BCUT2D eigenvalue weighted by molar-refractivity contribution is -0.132. The summed E-state index contributed by atoms with van der Waals surface area (Å²) in [6.45, 7) is 5.85. The van der Waals surface area contributed by atoms with Crippen molar-refractivity contribution in [1.29, 1.82) is 0 Å². The fourth-order valence-corrected chi connectivity index (χ4v) is 6.61. The second-order valence-corrected chi connectivity index (χ2v) is 13.6. The Bertz CT molecular complexity index is 1860. The summed E-state index contributed by atoms with van der Waals surface area (Å²) in [6, 6.07) is 25.3. The number of hydrogen-bond acceptors (Lipinski definition) is 6. The summed E-state index contributed by atoms with van der Waals surface area (Å²) in [5, 5.41) is 0. The van der Waals surface area contributed by atoms with E-state index >= 15 is 0 Å². The number of carbonyl (C=O) groups excluding carboxylic acids is 2. The van der Waals surface area contributed by atoms with Crippen molar-refractivity contribution in [1.82, 2.24) is 9.62 Å². The molecule has 5 rings (SSSR count). The number of hydrogen-bond donors (Lipinski definition) is 1. The second kappa shape index (κ2) is 13.3. The first-order valence-electron chi connectivity index (χ1n) is 15.0. The quantitative estimate of drug-likeness (QED) is 0.224. The lowest BCUT2D eigenvalue weighted by Gasteiger charge is -2.33. The van der Waals surface area contributed by atoms with Gasteiger partial charge in [0.25, 0.3) is 21.8 Å². The number of halogens is 1. The van der Waals surface area contributed by atoms with E-state index in [0.29, 0.717) is 35.7 Å². The third-order valence-electron chi connectivity index (χ3n) is 8.16. The van der Waals surface area contributed by atoms with Crippen LogP contribution in [-0.4, -0.2) is 50.9 Å². The lowest BCUT2D eigenvalue weighted by atomic mass is 9.90. The van der Waals surface area contributed by atoms with E-state index in [1.807, 2.05) is 41.3 Å². The van der Waals surface area contributed by atoms with Crippen molar-refractivity contribution in [2.45, 2.75) is 50.0 Å². The minimum atomic E-state index is -4.13. The van der Waals surface area contributed by atoms with Gasteiger partial charge in [-0.25, -0.2) is 17.5 Å². The number of methoxy groups -OCH3 is 1. The Morgan fingerprint density at radius 1 is 0.913 bits per heavy atom. The summed E-state index contributed by atoms with van der Waals surface area (Å²) in [4.78, 5) is 28.4. The van der Waals surface area contributed by atoms with Crippen LogP contribution in [0.15, 0.2) is 95.9 Å². The first-order valence-corrected chi connectivity index (χ1v) is 16.5. The van der Waals surface area contributed by atoms with Crippen LogP contribution in [0.25, 0.3) is 11.1 Å². The lowest BCUT2D eigenvalue weighted by Crippen LogP contribution is -2.48. The Hall–Kier alpha value is -4.70. The van der Waals surface area contributed by atoms with Gasteiger partial charge in [0.05, 0.1) is 12.0 Å². The summed E-state index contributed by atoms with van der Waals surface area (Å²) < 4.78 is 52.7. The van der Waals surface area contributed by atoms with Crippen LogP contribution < -0.4 is 14.2 Å². The van der Waals surface area contributed by atoms with E-state index < -0.39 is 21.5 Å². The molecule has 1 unspecified atom stereocenters. The van der Waals surface area contributed by atoms with E-state index in [4.69, 9.17) is 9.47 Å². The molecule has 1 heterocycles. The number of nitrogens with one attached hydrogen (secondary N) is 1. The number of rotatable bonds is 9.